The van der Waals surface area contributed by atoms with Gasteiger partial charge in [0.1, 0.15) is 0 Å². The van der Waals surface area contributed by atoms with Gasteiger partial charge >= 0.3 is 5.97 Å². The van der Waals surface area contributed by atoms with Crippen LogP contribution in [0.15, 0.2) is 24.9 Å². The first-order chi connectivity index (χ1) is 7.81. The van der Waals surface area contributed by atoms with Gasteiger partial charge in [0, 0.05) is 12.1 Å². The predicted molar refractivity (Wildman–Crippen MR) is 66.5 cm³/mol. The van der Waals surface area contributed by atoms with Gasteiger partial charge < -0.3 is 10.0 Å². The van der Waals surface area contributed by atoms with Crippen LogP contribution in [-0.2, 0) is 9.59 Å². The first-order valence-corrected chi connectivity index (χ1v) is 5.29. The van der Waals surface area contributed by atoms with Crippen molar-refractivity contribution in [2.75, 3.05) is 20.6 Å². The van der Waals surface area contributed by atoms with Crippen LogP contribution in [0.4, 0.5) is 0 Å². The summed E-state index contributed by atoms with van der Waals surface area (Å²) >= 11 is 0. The average Bonchev–Trinajstić information content (AvgIpc) is 2.60. The quantitative estimate of drug-likeness (QED) is 0.746. The van der Waals surface area contributed by atoms with Crippen molar-refractivity contribution in [1.29, 1.82) is 0 Å². The van der Waals surface area contributed by atoms with Gasteiger partial charge in [-0.3, -0.25) is 9.69 Å². The molecule has 17 heavy (non-hydrogen) atoms. The molecule has 1 amide bonds. The van der Waals surface area contributed by atoms with Gasteiger partial charge in [0.2, 0.25) is 5.91 Å². The normalized spacial score (nSPS) is 18.7. The van der Waals surface area contributed by atoms with Crippen molar-refractivity contribution < 1.29 is 14.7 Å². The second kappa shape index (κ2) is 6.85. The highest BCUT2D eigenvalue weighted by atomic mass is 16.4. The lowest BCUT2D eigenvalue weighted by molar-refractivity contribution is -0.132. The largest absolute Gasteiger partial charge is 0.478 e. The maximum atomic E-state index is 11.4. The lowest BCUT2D eigenvalue weighted by Crippen LogP contribution is -2.35. The number of hydrogen-bond donors (Lipinski definition) is 1. The fourth-order valence-corrected chi connectivity index (χ4v) is 1.35. The first kappa shape index (κ1) is 15.4. The molecule has 96 valence electrons. The number of likely N-dealkylation sites (N-methyl/N-ethyl adjacent to an activating group) is 1. The van der Waals surface area contributed by atoms with Gasteiger partial charge in [-0.15, -0.1) is 0 Å². The summed E-state index contributed by atoms with van der Waals surface area (Å²) < 4.78 is 0. The van der Waals surface area contributed by atoms with Gasteiger partial charge in [-0.1, -0.05) is 13.2 Å². The van der Waals surface area contributed by atoms with E-state index in [-0.39, 0.29) is 17.5 Å². The lowest BCUT2D eigenvalue weighted by atomic mass is 10.2. The van der Waals surface area contributed by atoms with Crippen molar-refractivity contribution in [3.05, 3.63) is 24.9 Å². The van der Waals surface area contributed by atoms with E-state index in [1.807, 2.05) is 19.0 Å². The van der Waals surface area contributed by atoms with E-state index in [0.717, 1.165) is 13.0 Å². The van der Waals surface area contributed by atoms with E-state index in [4.69, 9.17) is 5.11 Å². The zero-order chi connectivity index (χ0) is 13.6. The summed E-state index contributed by atoms with van der Waals surface area (Å²) in [5.74, 6) is -0.764. The molecule has 1 heterocycles. The zero-order valence-electron chi connectivity index (χ0n) is 10.6. The van der Waals surface area contributed by atoms with Crippen molar-refractivity contribution in [3.63, 3.8) is 0 Å². The Morgan fingerprint density at radius 2 is 2.06 bits per heavy atom. The maximum Gasteiger partial charge on any atom is 0.330 e. The van der Waals surface area contributed by atoms with Crippen LogP contribution >= 0.6 is 0 Å². The zero-order valence-corrected chi connectivity index (χ0v) is 10.6. The summed E-state index contributed by atoms with van der Waals surface area (Å²) in [5.41, 5.74) is 0.176. The van der Waals surface area contributed by atoms with Crippen LogP contribution in [0.5, 0.6) is 0 Å². The molecule has 1 atom stereocenters. The molecule has 1 N–H and O–H groups in total. The number of carbonyl (C=O) groups excluding carboxylic acids is 1. The van der Waals surface area contributed by atoms with Crippen molar-refractivity contribution in [1.82, 2.24) is 9.80 Å². The molecule has 0 spiro atoms. The molecule has 0 aromatic carbocycles. The highest BCUT2D eigenvalue weighted by Crippen LogP contribution is 2.14. The van der Waals surface area contributed by atoms with Crippen LogP contribution < -0.4 is 0 Å². The number of likely N-dealkylation sites (tertiary alicyclic amines) is 1. The van der Waals surface area contributed by atoms with Gasteiger partial charge in [-0.2, -0.15) is 0 Å². The van der Waals surface area contributed by atoms with E-state index in [9.17, 15) is 9.59 Å². The Labute approximate surface area is 102 Å². The van der Waals surface area contributed by atoms with Crippen molar-refractivity contribution in [3.8, 4) is 0 Å². The van der Waals surface area contributed by atoms with Gasteiger partial charge in [-0.05, 0) is 33.6 Å². The second-order valence-electron chi connectivity index (χ2n) is 4.07. The minimum absolute atomic E-state index is 0.0630. The van der Waals surface area contributed by atoms with Crippen molar-refractivity contribution in [2.45, 2.75) is 19.4 Å². The topological polar surface area (TPSA) is 60.9 Å². The van der Waals surface area contributed by atoms with E-state index < -0.39 is 5.97 Å². The van der Waals surface area contributed by atoms with Crippen LogP contribution in [0.25, 0.3) is 0 Å². The Hall–Kier alpha value is -1.62. The Balaban J connectivity index is 0.000000366. The lowest BCUT2D eigenvalue weighted by Gasteiger charge is -2.16. The number of carboxylic acids is 1. The van der Waals surface area contributed by atoms with E-state index >= 15 is 0 Å². The molecule has 0 aliphatic carbocycles. The SMILES string of the molecule is C=C(C)C(=O)O.C=CN1CCC(N(C)C)C1=O. The highest BCUT2D eigenvalue weighted by molar-refractivity contribution is 5.85. The third kappa shape index (κ3) is 4.82. The third-order valence-electron chi connectivity index (χ3n) is 2.42. The van der Waals surface area contributed by atoms with Gasteiger partial charge in [0.25, 0.3) is 0 Å². The Bertz CT molecular complexity index is 312. The molecule has 1 aliphatic heterocycles. The molecule has 5 nitrogen and oxygen atoms in total. The van der Waals surface area contributed by atoms with E-state index in [1.54, 1.807) is 11.1 Å². The third-order valence-corrected chi connectivity index (χ3v) is 2.42. The molecule has 1 unspecified atom stereocenters. The van der Waals surface area contributed by atoms with Crippen LogP contribution in [0.2, 0.25) is 0 Å². The van der Waals surface area contributed by atoms with Crippen LogP contribution in [0, 0.1) is 0 Å². The van der Waals surface area contributed by atoms with Gasteiger partial charge in [0.05, 0.1) is 6.04 Å². The number of nitrogens with zero attached hydrogens (tertiary/aromatic N) is 2. The number of carbonyl (C=O) groups is 2. The minimum Gasteiger partial charge on any atom is -0.478 e. The number of amides is 1. The summed E-state index contributed by atoms with van der Waals surface area (Å²) in [6.45, 7) is 8.99. The molecular weight excluding hydrogens is 220 g/mol. The minimum atomic E-state index is -0.935. The molecule has 1 fully saturated rings. The van der Waals surface area contributed by atoms with Crippen LogP contribution in [0.1, 0.15) is 13.3 Å². The van der Waals surface area contributed by atoms with Crippen LogP contribution in [-0.4, -0.2) is 53.5 Å². The van der Waals surface area contributed by atoms with E-state index in [2.05, 4.69) is 13.2 Å². The summed E-state index contributed by atoms with van der Waals surface area (Å²) in [6, 6.07) is 0.0630. The number of hydrogen-bond acceptors (Lipinski definition) is 3. The molecule has 0 saturated carbocycles. The first-order valence-electron chi connectivity index (χ1n) is 5.29. The van der Waals surface area contributed by atoms with Gasteiger partial charge in [-0.25, -0.2) is 4.79 Å². The Kier molecular flexibility index (Phi) is 6.20. The number of carboxylic acid groups (broad SMARTS) is 1. The van der Waals surface area contributed by atoms with Crippen LogP contribution in [0.3, 0.4) is 0 Å². The molecule has 0 bridgehead atoms. The van der Waals surface area contributed by atoms with Crippen molar-refractivity contribution in [2.24, 2.45) is 0 Å². The van der Waals surface area contributed by atoms with E-state index in [1.165, 1.54) is 6.92 Å². The number of aliphatic carboxylic acids is 1. The average molecular weight is 240 g/mol. The standard InChI is InChI=1S/C8H14N2O.C4H6O2/c1-4-10-6-5-7(8(10)11)9(2)3;1-3(2)4(5)6/h4,7H,1,5-6H2,2-3H3;1H2,2H3,(H,5,6). The molecule has 1 saturated heterocycles. The van der Waals surface area contributed by atoms with E-state index in [0.29, 0.717) is 0 Å². The molecule has 0 aromatic heterocycles. The monoisotopic (exact) mass is 240 g/mol. The molecule has 5 heteroatoms. The smallest absolute Gasteiger partial charge is 0.330 e. The molecular formula is C12H20N2O3. The maximum absolute atomic E-state index is 11.4. The highest BCUT2D eigenvalue weighted by Gasteiger charge is 2.31. The predicted octanol–water partition coefficient (Wildman–Crippen LogP) is 0.940. The summed E-state index contributed by atoms with van der Waals surface area (Å²) in [4.78, 5) is 24.6. The summed E-state index contributed by atoms with van der Waals surface area (Å²) in [5, 5.41) is 7.89. The summed E-state index contributed by atoms with van der Waals surface area (Å²) in [7, 11) is 3.85. The Morgan fingerprint density at radius 1 is 1.59 bits per heavy atom. The fourth-order valence-electron chi connectivity index (χ4n) is 1.35. The molecule has 0 radical (unpaired) electrons. The number of rotatable bonds is 3. The summed E-state index contributed by atoms with van der Waals surface area (Å²) in [6.07, 6.45) is 2.52. The van der Waals surface area contributed by atoms with Gasteiger partial charge in [0.15, 0.2) is 0 Å². The molecule has 0 aromatic rings. The van der Waals surface area contributed by atoms with Crippen molar-refractivity contribution >= 4 is 11.9 Å². The second-order valence-corrected chi connectivity index (χ2v) is 4.07. The Morgan fingerprint density at radius 3 is 2.24 bits per heavy atom. The fraction of sp³-hybridized carbons (Fsp3) is 0.500. The molecule has 1 aliphatic rings. The molecule has 1 rings (SSSR count).